The molecule has 0 saturated carbocycles. The van der Waals surface area contributed by atoms with Crippen LogP contribution in [0.4, 0.5) is 16.2 Å². The molecule has 2 amide bonds. The molecule has 1 saturated heterocycles. The van der Waals surface area contributed by atoms with Crippen LogP contribution >= 0.6 is 0 Å². The Morgan fingerprint density at radius 2 is 1.92 bits per heavy atom. The van der Waals surface area contributed by atoms with Crippen molar-refractivity contribution in [3.05, 3.63) is 77.2 Å². The van der Waals surface area contributed by atoms with Gasteiger partial charge in [0, 0.05) is 12.7 Å². The Morgan fingerprint density at radius 3 is 2.62 bits per heavy atom. The second kappa shape index (κ2) is 6.34. The maximum atomic E-state index is 12.9. The van der Waals surface area contributed by atoms with Crippen molar-refractivity contribution in [1.29, 1.82) is 0 Å². The number of nitrogens with zero attached hydrogens (tertiary/aromatic N) is 3. The van der Waals surface area contributed by atoms with Crippen LogP contribution in [0.1, 0.15) is 24.0 Å². The Bertz CT molecular complexity index is 926. The quantitative estimate of drug-likeness (QED) is 0.703. The van der Waals surface area contributed by atoms with Crippen LogP contribution in [0, 0.1) is 13.5 Å². The van der Waals surface area contributed by atoms with Crippen molar-refractivity contribution >= 4 is 23.0 Å². The maximum absolute atomic E-state index is 12.9. The first-order valence-electron chi connectivity index (χ1n) is 8.90. The molecule has 1 fully saturated rings. The standard InChI is InChI=1S/C22H21N3O/c1-15-13-18(10-11-19(15)23-2)25-20-12-9-17(16-7-5-4-6-8-16)14-21(20)24(3)22(25)26/h4-8,10-11,13-14,20-21H,9,12H2,1,3H3/t20-,21-/m1/s1. The van der Waals surface area contributed by atoms with Gasteiger partial charge < -0.3 is 4.90 Å². The first-order chi connectivity index (χ1) is 12.6. The number of urea groups is 1. The van der Waals surface area contributed by atoms with Gasteiger partial charge in [0.2, 0.25) is 0 Å². The van der Waals surface area contributed by atoms with E-state index in [-0.39, 0.29) is 18.1 Å². The van der Waals surface area contributed by atoms with E-state index >= 15 is 0 Å². The van der Waals surface area contributed by atoms with E-state index in [0.717, 1.165) is 24.1 Å². The van der Waals surface area contributed by atoms with E-state index < -0.39 is 0 Å². The summed E-state index contributed by atoms with van der Waals surface area (Å²) in [6.07, 6.45) is 4.15. The summed E-state index contributed by atoms with van der Waals surface area (Å²) < 4.78 is 0. The number of allylic oxidation sites excluding steroid dienone is 1. The zero-order chi connectivity index (χ0) is 18.3. The zero-order valence-electron chi connectivity index (χ0n) is 15.0. The second-order valence-electron chi connectivity index (χ2n) is 7.00. The highest BCUT2D eigenvalue weighted by atomic mass is 16.2. The minimum absolute atomic E-state index is 0.0283. The largest absolute Gasteiger partial charge is 0.325 e. The fraction of sp³-hybridized carbons (Fsp3) is 0.273. The van der Waals surface area contributed by atoms with Gasteiger partial charge in [-0.3, -0.25) is 4.90 Å². The van der Waals surface area contributed by atoms with Crippen LogP contribution in [0.5, 0.6) is 0 Å². The zero-order valence-corrected chi connectivity index (χ0v) is 15.0. The third kappa shape index (κ3) is 2.57. The third-order valence-electron chi connectivity index (χ3n) is 5.49. The lowest BCUT2D eigenvalue weighted by molar-refractivity contribution is 0.223. The van der Waals surface area contributed by atoms with E-state index in [0.29, 0.717) is 5.69 Å². The van der Waals surface area contributed by atoms with E-state index in [4.69, 9.17) is 6.57 Å². The topological polar surface area (TPSA) is 27.9 Å². The predicted molar refractivity (Wildman–Crippen MR) is 104 cm³/mol. The summed E-state index contributed by atoms with van der Waals surface area (Å²) in [6, 6.07) is 16.3. The lowest BCUT2D eigenvalue weighted by Crippen LogP contribution is -2.38. The monoisotopic (exact) mass is 343 g/mol. The van der Waals surface area contributed by atoms with Crippen LogP contribution in [0.25, 0.3) is 10.4 Å². The highest BCUT2D eigenvalue weighted by Crippen LogP contribution is 2.39. The molecule has 130 valence electrons. The number of rotatable bonds is 2. The van der Waals surface area contributed by atoms with Crippen molar-refractivity contribution in [1.82, 2.24) is 4.90 Å². The number of amides is 2. The molecule has 4 rings (SSSR count). The molecule has 0 spiro atoms. The number of anilines is 1. The summed E-state index contributed by atoms with van der Waals surface area (Å²) in [4.78, 5) is 20.2. The van der Waals surface area contributed by atoms with Crippen molar-refractivity contribution in [3.8, 4) is 0 Å². The van der Waals surface area contributed by atoms with Crippen LogP contribution in [0.3, 0.4) is 0 Å². The highest BCUT2D eigenvalue weighted by Gasteiger charge is 2.45. The summed E-state index contributed by atoms with van der Waals surface area (Å²) in [6.45, 7) is 9.14. The SMILES string of the molecule is [C-]#[N+]c1ccc(N2C(=O)N(C)[C@@H]3C=C(c4ccccc4)CC[C@H]32)cc1C. The number of benzene rings is 2. The summed E-state index contributed by atoms with van der Waals surface area (Å²) in [7, 11) is 1.88. The van der Waals surface area contributed by atoms with E-state index in [1.54, 1.807) is 0 Å². The maximum Gasteiger partial charge on any atom is 0.325 e. The molecule has 0 bridgehead atoms. The molecule has 0 unspecified atom stereocenters. The molecule has 4 nitrogen and oxygen atoms in total. The Kier molecular flexibility index (Phi) is 4.00. The van der Waals surface area contributed by atoms with Gasteiger partial charge in [0.15, 0.2) is 5.69 Å². The molecule has 2 aliphatic rings. The van der Waals surface area contributed by atoms with Gasteiger partial charge in [-0.25, -0.2) is 9.64 Å². The summed E-state index contributed by atoms with van der Waals surface area (Å²) in [5.41, 5.74) is 4.99. The Balaban J connectivity index is 1.69. The van der Waals surface area contributed by atoms with E-state index in [1.807, 2.05) is 48.0 Å². The third-order valence-corrected chi connectivity index (χ3v) is 5.49. The first-order valence-corrected chi connectivity index (χ1v) is 8.90. The van der Waals surface area contributed by atoms with Crippen LogP contribution in [-0.2, 0) is 0 Å². The van der Waals surface area contributed by atoms with E-state index in [9.17, 15) is 4.79 Å². The summed E-state index contributed by atoms with van der Waals surface area (Å²) in [5, 5.41) is 0. The van der Waals surface area contributed by atoms with Crippen LogP contribution in [0.15, 0.2) is 54.6 Å². The molecular weight excluding hydrogens is 322 g/mol. The summed E-state index contributed by atoms with van der Waals surface area (Å²) >= 11 is 0. The fourth-order valence-corrected chi connectivity index (χ4v) is 4.08. The van der Waals surface area contributed by atoms with Crippen molar-refractivity contribution in [2.24, 2.45) is 0 Å². The van der Waals surface area contributed by atoms with Crippen molar-refractivity contribution in [2.45, 2.75) is 31.8 Å². The minimum Gasteiger partial charge on any atom is -0.319 e. The van der Waals surface area contributed by atoms with Gasteiger partial charge in [0.05, 0.1) is 18.7 Å². The van der Waals surface area contributed by atoms with Gasteiger partial charge in [0.25, 0.3) is 0 Å². The van der Waals surface area contributed by atoms with Crippen LogP contribution < -0.4 is 4.90 Å². The molecule has 0 N–H and O–H groups in total. The smallest absolute Gasteiger partial charge is 0.319 e. The molecule has 26 heavy (non-hydrogen) atoms. The normalized spacial score (nSPS) is 22.0. The Labute approximate surface area is 154 Å². The predicted octanol–water partition coefficient (Wildman–Crippen LogP) is 5.03. The van der Waals surface area contributed by atoms with Gasteiger partial charge >= 0.3 is 6.03 Å². The van der Waals surface area contributed by atoms with Crippen molar-refractivity contribution in [2.75, 3.05) is 11.9 Å². The molecular formula is C22H21N3O. The summed E-state index contributed by atoms with van der Waals surface area (Å²) in [5.74, 6) is 0. The lowest BCUT2D eigenvalue weighted by atomic mass is 9.87. The number of hydrogen-bond acceptors (Lipinski definition) is 1. The average Bonchev–Trinajstić information content (AvgIpc) is 2.92. The van der Waals surface area contributed by atoms with Gasteiger partial charge in [-0.2, -0.15) is 0 Å². The minimum atomic E-state index is 0.0283. The van der Waals surface area contributed by atoms with Crippen molar-refractivity contribution in [3.63, 3.8) is 0 Å². The van der Waals surface area contributed by atoms with Gasteiger partial charge in [-0.1, -0.05) is 42.5 Å². The van der Waals surface area contributed by atoms with Gasteiger partial charge in [-0.05, 0) is 48.6 Å². The van der Waals surface area contributed by atoms with E-state index in [1.165, 1.54) is 11.1 Å². The number of likely N-dealkylation sites (N-methyl/N-ethyl adjacent to an activating group) is 1. The average molecular weight is 343 g/mol. The molecule has 2 aromatic carbocycles. The van der Waals surface area contributed by atoms with E-state index in [2.05, 4.69) is 35.2 Å². The van der Waals surface area contributed by atoms with Crippen LogP contribution in [0.2, 0.25) is 0 Å². The number of hydrogen-bond donors (Lipinski definition) is 0. The van der Waals surface area contributed by atoms with Gasteiger partial charge in [-0.15, -0.1) is 0 Å². The Hall–Kier alpha value is -3.06. The number of carbonyl (C=O) groups is 1. The molecule has 2 atom stereocenters. The number of carbonyl (C=O) groups excluding carboxylic acids is 1. The molecule has 1 aliphatic carbocycles. The molecule has 1 heterocycles. The Morgan fingerprint density at radius 1 is 1.15 bits per heavy atom. The van der Waals surface area contributed by atoms with Gasteiger partial charge in [0.1, 0.15) is 0 Å². The van der Waals surface area contributed by atoms with Crippen molar-refractivity contribution < 1.29 is 4.79 Å². The molecule has 2 aromatic rings. The first kappa shape index (κ1) is 16.4. The number of aryl methyl sites for hydroxylation is 1. The molecule has 0 aromatic heterocycles. The second-order valence-corrected chi connectivity index (χ2v) is 7.00. The van der Waals surface area contributed by atoms with Crippen LogP contribution in [-0.4, -0.2) is 30.1 Å². The molecule has 1 aliphatic heterocycles. The molecule has 0 radical (unpaired) electrons. The number of fused-ring (bicyclic) bond motifs is 1. The molecule has 4 heteroatoms. The lowest BCUT2D eigenvalue weighted by Gasteiger charge is -2.30. The highest BCUT2D eigenvalue weighted by molar-refractivity contribution is 5.96. The fourth-order valence-electron chi connectivity index (χ4n) is 4.08.